The molecule has 1 atom stereocenters. The normalized spacial score (nSPS) is 12.5. The van der Waals surface area contributed by atoms with Gasteiger partial charge >= 0.3 is 0 Å². The Morgan fingerprint density at radius 1 is 0.636 bits per heavy atom. The van der Waals surface area contributed by atoms with Gasteiger partial charge in [0.25, 0.3) is 0 Å². The van der Waals surface area contributed by atoms with Crippen LogP contribution < -0.4 is 5.32 Å². The van der Waals surface area contributed by atoms with Crippen LogP contribution in [0, 0.1) is 5.92 Å². The molecule has 0 aliphatic carbocycles. The van der Waals surface area contributed by atoms with Crippen LogP contribution in [-0.4, -0.2) is 6.54 Å². The highest BCUT2D eigenvalue weighted by atomic mass is 32.1. The van der Waals surface area contributed by atoms with Gasteiger partial charge in [0.2, 0.25) is 0 Å². The van der Waals surface area contributed by atoms with Gasteiger partial charge in [-0.3, -0.25) is 0 Å². The van der Waals surface area contributed by atoms with Gasteiger partial charge in [0, 0.05) is 16.6 Å². The summed E-state index contributed by atoms with van der Waals surface area (Å²) >= 11 is 3.78. The van der Waals surface area contributed by atoms with Crippen molar-refractivity contribution in [1.82, 2.24) is 0 Å². The third-order valence-corrected chi connectivity index (χ3v) is 9.22. The largest absolute Gasteiger partial charge is 0.383 e. The van der Waals surface area contributed by atoms with Crippen molar-refractivity contribution in [2.75, 3.05) is 11.9 Å². The molecule has 0 aromatic carbocycles. The lowest BCUT2D eigenvalue weighted by Gasteiger charge is -2.18. The Morgan fingerprint density at radius 3 is 1.64 bits per heavy atom. The number of thiophene rings is 2. The van der Waals surface area contributed by atoms with Gasteiger partial charge in [-0.25, -0.2) is 0 Å². The number of hydrogen-bond donors (Lipinski definition) is 1. The fourth-order valence-corrected chi connectivity index (χ4v) is 7.02. The second-order valence-electron chi connectivity index (χ2n) is 10.2. The van der Waals surface area contributed by atoms with Crippen LogP contribution in [0.25, 0.3) is 9.40 Å². The predicted molar refractivity (Wildman–Crippen MR) is 155 cm³/mol. The summed E-state index contributed by atoms with van der Waals surface area (Å²) in [7, 11) is 0. The molecular formula is C30H53NS2. The SMILES string of the molecule is CCCCCCCCCCCCC(CCCCCCCCCC)CNc1csc2ccsc12. The van der Waals surface area contributed by atoms with E-state index >= 15 is 0 Å². The molecule has 2 aromatic heterocycles. The van der Waals surface area contributed by atoms with Crippen molar-refractivity contribution in [3.8, 4) is 0 Å². The third-order valence-electron chi connectivity index (χ3n) is 7.19. The molecular weight excluding hydrogens is 438 g/mol. The standard InChI is InChI=1S/C30H53NS2/c1-3-5-7-9-11-13-14-16-18-20-22-27(21-19-17-15-12-10-8-6-4-2)25-31-28-26-33-29-23-24-32-30(28)29/h23-24,26-27,31H,3-22,25H2,1-2H3. The van der Waals surface area contributed by atoms with Crippen LogP contribution in [-0.2, 0) is 0 Å². The van der Waals surface area contributed by atoms with E-state index in [9.17, 15) is 0 Å². The Bertz CT molecular complexity index is 674. The van der Waals surface area contributed by atoms with Gasteiger partial charge < -0.3 is 5.32 Å². The molecule has 0 bridgehead atoms. The maximum Gasteiger partial charge on any atom is 0.0682 e. The van der Waals surface area contributed by atoms with E-state index in [1.807, 2.05) is 22.7 Å². The molecule has 0 amide bonds. The topological polar surface area (TPSA) is 12.0 Å². The number of nitrogens with one attached hydrogen (secondary N) is 1. The van der Waals surface area contributed by atoms with Crippen molar-refractivity contribution in [2.24, 2.45) is 5.92 Å². The minimum atomic E-state index is 0.842. The lowest BCUT2D eigenvalue weighted by Crippen LogP contribution is -2.14. The van der Waals surface area contributed by atoms with Crippen LogP contribution in [0.5, 0.6) is 0 Å². The van der Waals surface area contributed by atoms with Gasteiger partial charge in [-0.05, 0) is 30.2 Å². The molecule has 1 N–H and O–H groups in total. The van der Waals surface area contributed by atoms with Gasteiger partial charge in [-0.1, -0.05) is 129 Å². The lowest BCUT2D eigenvalue weighted by molar-refractivity contribution is 0.417. The molecule has 190 valence electrons. The monoisotopic (exact) mass is 491 g/mol. The Balaban J connectivity index is 1.61. The van der Waals surface area contributed by atoms with E-state index in [2.05, 4.69) is 36.0 Å². The third kappa shape index (κ3) is 13.2. The fraction of sp³-hybridized carbons (Fsp3) is 0.800. The van der Waals surface area contributed by atoms with Crippen LogP contribution in [0.4, 0.5) is 5.69 Å². The molecule has 3 heteroatoms. The zero-order valence-electron chi connectivity index (χ0n) is 22.0. The van der Waals surface area contributed by atoms with Gasteiger partial charge in [-0.2, -0.15) is 0 Å². The van der Waals surface area contributed by atoms with Gasteiger partial charge in [0.1, 0.15) is 0 Å². The highest BCUT2D eigenvalue weighted by molar-refractivity contribution is 7.27. The van der Waals surface area contributed by atoms with E-state index in [0.29, 0.717) is 0 Å². The van der Waals surface area contributed by atoms with E-state index in [4.69, 9.17) is 0 Å². The molecule has 1 nitrogen and oxygen atoms in total. The fourth-order valence-electron chi connectivity index (χ4n) is 4.97. The average molecular weight is 492 g/mol. The minimum absolute atomic E-state index is 0.842. The Kier molecular flexibility index (Phi) is 17.2. The average Bonchev–Trinajstić information content (AvgIpc) is 3.44. The highest BCUT2D eigenvalue weighted by Gasteiger charge is 2.11. The van der Waals surface area contributed by atoms with E-state index < -0.39 is 0 Å². The first-order chi connectivity index (χ1) is 16.3. The summed E-state index contributed by atoms with van der Waals surface area (Å²) in [5.74, 6) is 0.842. The van der Waals surface area contributed by atoms with E-state index in [1.165, 1.54) is 144 Å². The van der Waals surface area contributed by atoms with E-state index in [-0.39, 0.29) is 0 Å². The van der Waals surface area contributed by atoms with E-state index in [0.717, 1.165) is 12.5 Å². The first-order valence-corrected chi connectivity index (χ1v) is 16.3. The summed E-state index contributed by atoms with van der Waals surface area (Å²) in [6.45, 7) is 5.78. The highest BCUT2D eigenvalue weighted by Crippen LogP contribution is 2.35. The molecule has 2 heterocycles. The van der Waals surface area contributed by atoms with Crippen LogP contribution in [0.15, 0.2) is 16.8 Å². The molecule has 0 spiro atoms. The van der Waals surface area contributed by atoms with Crippen molar-refractivity contribution >= 4 is 37.8 Å². The first kappa shape index (κ1) is 28.7. The molecule has 2 rings (SSSR count). The van der Waals surface area contributed by atoms with Gasteiger partial charge in [-0.15, -0.1) is 22.7 Å². The number of unbranched alkanes of at least 4 members (excludes halogenated alkanes) is 16. The maximum absolute atomic E-state index is 3.84. The molecule has 0 aliphatic heterocycles. The zero-order valence-corrected chi connectivity index (χ0v) is 23.6. The second kappa shape index (κ2) is 19.7. The maximum atomic E-state index is 3.84. The van der Waals surface area contributed by atoms with E-state index in [1.54, 1.807) is 0 Å². The summed E-state index contributed by atoms with van der Waals surface area (Å²) in [5, 5.41) is 8.39. The molecule has 1 unspecified atom stereocenters. The zero-order chi connectivity index (χ0) is 23.4. The van der Waals surface area contributed by atoms with Crippen molar-refractivity contribution in [3.63, 3.8) is 0 Å². The van der Waals surface area contributed by atoms with Crippen LogP contribution in [0.3, 0.4) is 0 Å². The second-order valence-corrected chi connectivity index (χ2v) is 12.1. The van der Waals surface area contributed by atoms with Crippen molar-refractivity contribution in [2.45, 2.75) is 142 Å². The molecule has 0 saturated carbocycles. The molecule has 0 fully saturated rings. The summed E-state index contributed by atoms with van der Waals surface area (Å²) in [6, 6.07) is 2.26. The summed E-state index contributed by atoms with van der Waals surface area (Å²) in [6.07, 6.45) is 28.7. The summed E-state index contributed by atoms with van der Waals surface area (Å²) in [5.41, 5.74) is 1.38. The Morgan fingerprint density at radius 2 is 1.12 bits per heavy atom. The first-order valence-electron chi connectivity index (χ1n) is 14.5. The van der Waals surface area contributed by atoms with Crippen molar-refractivity contribution in [1.29, 1.82) is 0 Å². The molecule has 0 radical (unpaired) electrons. The minimum Gasteiger partial charge on any atom is -0.383 e. The van der Waals surface area contributed by atoms with Crippen molar-refractivity contribution < 1.29 is 0 Å². The van der Waals surface area contributed by atoms with Gasteiger partial charge in [0.05, 0.1) is 10.4 Å². The Hall–Kier alpha value is -0.540. The number of hydrogen-bond acceptors (Lipinski definition) is 3. The lowest BCUT2D eigenvalue weighted by atomic mass is 9.93. The van der Waals surface area contributed by atoms with Crippen LogP contribution in [0.2, 0.25) is 0 Å². The summed E-state index contributed by atoms with van der Waals surface area (Å²) < 4.78 is 2.90. The van der Waals surface area contributed by atoms with Crippen LogP contribution in [0.1, 0.15) is 142 Å². The smallest absolute Gasteiger partial charge is 0.0682 e. The quantitative estimate of drug-likeness (QED) is 0.152. The Labute approximate surface area is 214 Å². The molecule has 0 aliphatic rings. The molecule has 33 heavy (non-hydrogen) atoms. The number of rotatable bonds is 23. The predicted octanol–water partition coefficient (Wildman–Crippen LogP) is 11.8. The van der Waals surface area contributed by atoms with Crippen molar-refractivity contribution in [3.05, 3.63) is 16.8 Å². The molecule has 2 aromatic rings. The number of fused-ring (bicyclic) bond motifs is 1. The number of anilines is 1. The van der Waals surface area contributed by atoms with Crippen LogP contribution >= 0.6 is 22.7 Å². The van der Waals surface area contributed by atoms with Gasteiger partial charge in [0.15, 0.2) is 0 Å². The molecule has 0 saturated heterocycles. The summed E-state index contributed by atoms with van der Waals surface area (Å²) in [4.78, 5) is 0.